The molecule has 1 unspecified atom stereocenters. The zero-order valence-electron chi connectivity index (χ0n) is 10.9. The summed E-state index contributed by atoms with van der Waals surface area (Å²) in [4.78, 5) is 0. The van der Waals surface area contributed by atoms with E-state index in [4.69, 9.17) is 4.74 Å². The number of benzene rings is 1. The Morgan fingerprint density at radius 3 is 2.82 bits per heavy atom. The van der Waals surface area contributed by atoms with Crippen molar-refractivity contribution in [3.05, 3.63) is 29.6 Å². The summed E-state index contributed by atoms with van der Waals surface area (Å²) >= 11 is 0. The van der Waals surface area contributed by atoms with Crippen molar-refractivity contribution in [2.45, 2.75) is 39.2 Å². The molecule has 0 spiro atoms. The molecule has 2 nitrogen and oxygen atoms in total. The second kappa shape index (κ2) is 7.28. The van der Waals surface area contributed by atoms with Crippen molar-refractivity contribution in [2.75, 3.05) is 13.7 Å². The minimum Gasteiger partial charge on any atom is -0.491 e. The minimum atomic E-state index is -0.279. The van der Waals surface area contributed by atoms with Gasteiger partial charge in [-0.15, -0.1) is 0 Å². The summed E-state index contributed by atoms with van der Waals surface area (Å²) in [6.07, 6.45) is 3.17. The maximum absolute atomic E-state index is 13.3. The predicted molar refractivity (Wildman–Crippen MR) is 69.0 cm³/mol. The van der Waals surface area contributed by atoms with Gasteiger partial charge >= 0.3 is 0 Å². The molecule has 1 atom stereocenters. The van der Waals surface area contributed by atoms with Gasteiger partial charge in [0.2, 0.25) is 0 Å². The first kappa shape index (κ1) is 14.0. The number of halogens is 1. The molecule has 0 saturated carbocycles. The Bertz CT molecular complexity index is 341. The van der Waals surface area contributed by atoms with Gasteiger partial charge in [-0.05, 0) is 57.9 Å². The fraction of sp³-hybridized carbons (Fsp3) is 0.571. The average Bonchev–Trinajstić information content (AvgIpc) is 2.32. The quantitative estimate of drug-likeness (QED) is 0.737. The lowest BCUT2D eigenvalue weighted by molar-refractivity contribution is 0.288. The molecule has 0 saturated heterocycles. The van der Waals surface area contributed by atoms with Crippen LogP contribution in [0.25, 0.3) is 0 Å². The largest absolute Gasteiger partial charge is 0.491 e. The van der Waals surface area contributed by atoms with E-state index in [0.717, 1.165) is 24.8 Å². The van der Waals surface area contributed by atoms with Gasteiger partial charge in [-0.3, -0.25) is 0 Å². The Labute approximate surface area is 103 Å². The molecule has 0 fully saturated rings. The van der Waals surface area contributed by atoms with Gasteiger partial charge in [-0.2, -0.15) is 0 Å². The molecule has 0 radical (unpaired) electrons. The molecule has 0 aliphatic heterocycles. The van der Waals surface area contributed by atoms with E-state index < -0.39 is 0 Å². The molecule has 1 N–H and O–H groups in total. The average molecular weight is 239 g/mol. The van der Waals surface area contributed by atoms with Gasteiger partial charge in [0.1, 0.15) is 0 Å². The summed E-state index contributed by atoms with van der Waals surface area (Å²) < 4.78 is 18.8. The van der Waals surface area contributed by atoms with E-state index >= 15 is 0 Å². The lowest BCUT2D eigenvalue weighted by atomic mass is 10.1. The molecule has 0 bridgehead atoms. The van der Waals surface area contributed by atoms with Crippen LogP contribution in [-0.2, 0) is 0 Å². The molecule has 0 aliphatic carbocycles. The smallest absolute Gasteiger partial charge is 0.165 e. The summed E-state index contributed by atoms with van der Waals surface area (Å²) in [5.41, 5.74) is 1.02. The van der Waals surface area contributed by atoms with Gasteiger partial charge in [0, 0.05) is 6.04 Å². The van der Waals surface area contributed by atoms with Crippen LogP contribution in [0.2, 0.25) is 0 Å². The van der Waals surface area contributed by atoms with E-state index in [9.17, 15) is 4.39 Å². The number of unbranched alkanes of at least 4 members (excludes halogenated alkanes) is 1. The Hall–Kier alpha value is -1.09. The summed E-state index contributed by atoms with van der Waals surface area (Å²) in [5, 5.41) is 3.19. The van der Waals surface area contributed by atoms with E-state index in [1.54, 1.807) is 12.1 Å². The molecular formula is C14H22FNO. The number of ether oxygens (including phenoxy) is 1. The third kappa shape index (κ3) is 5.18. The fourth-order valence-corrected chi connectivity index (χ4v) is 1.60. The molecule has 0 heterocycles. The van der Waals surface area contributed by atoms with Crippen LogP contribution in [0.1, 0.15) is 31.7 Å². The highest BCUT2D eigenvalue weighted by atomic mass is 19.1. The van der Waals surface area contributed by atoms with Crippen LogP contribution in [0.4, 0.5) is 4.39 Å². The van der Waals surface area contributed by atoms with E-state index in [1.165, 1.54) is 6.07 Å². The van der Waals surface area contributed by atoms with Crippen molar-refractivity contribution >= 4 is 0 Å². The molecule has 0 amide bonds. The highest BCUT2D eigenvalue weighted by Gasteiger charge is 2.03. The topological polar surface area (TPSA) is 21.3 Å². The van der Waals surface area contributed by atoms with E-state index in [2.05, 4.69) is 12.2 Å². The predicted octanol–water partition coefficient (Wildman–Crippen LogP) is 3.29. The highest BCUT2D eigenvalue weighted by Crippen LogP contribution is 2.18. The van der Waals surface area contributed by atoms with Crippen molar-refractivity contribution in [1.82, 2.24) is 5.32 Å². The standard InChI is InChI=1S/C14H22FNO/c1-11-7-8-13(15)14(10-11)17-9-5-4-6-12(2)16-3/h7-8,10,12,16H,4-6,9H2,1-3H3. The molecule has 1 aromatic rings. The maximum Gasteiger partial charge on any atom is 0.165 e. The highest BCUT2D eigenvalue weighted by molar-refractivity contribution is 5.29. The summed E-state index contributed by atoms with van der Waals surface area (Å²) in [7, 11) is 1.96. The summed E-state index contributed by atoms with van der Waals surface area (Å²) in [5.74, 6) is 0.0888. The van der Waals surface area contributed by atoms with E-state index in [-0.39, 0.29) is 5.82 Å². The van der Waals surface area contributed by atoms with Crippen LogP contribution in [0.3, 0.4) is 0 Å². The molecule has 96 valence electrons. The van der Waals surface area contributed by atoms with Crippen LogP contribution in [0.5, 0.6) is 5.75 Å². The number of hydrogen-bond donors (Lipinski definition) is 1. The van der Waals surface area contributed by atoms with Gasteiger partial charge in [0.05, 0.1) is 6.61 Å². The number of aryl methyl sites for hydroxylation is 1. The molecular weight excluding hydrogens is 217 g/mol. The third-order valence-corrected chi connectivity index (χ3v) is 2.87. The lowest BCUT2D eigenvalue weighted by Gasteiger charge is -2.10. The fourth-order valence-electron chi connectivity index (χ4n) is 1.60. The first-order valence-corrected chi connectivity index (χ1v) is 6.19. The van der Waals surface area contributed by atoms with Crippen LogP contribution in [0.15, 0.2) is 18.2 Å². The van der Waals surface area contributed by atoms with Crippen molar-refractivity contribution in [2.24, 2.45) is 0 Å². The molecule has 17 heavy (non-hydrogen) atoms. The molecule has 1 aromatic carbocycles. The second-order valence-electron chi connectivity index (χ2n) is 4.47. The van der Waals surface area contributed by atoms with Crippen LogP contribution < -0.4 is 10.1 Å². The van der Waals surface area contributed by atoms with Crippen LogP contribution in [-0.4, -0.2) is 19.7 Å². The summed E-state index contributed by atoms with van der Waals surface area (Å²) in [6, 6.07) is 5.47. The molecule has 0 aromatic heterocycles. The van der Waals surface area contributed by atoms with Gasteiger partial charge < -0.3 is 10.1 Å². The Morgan fingerprint density at radius 2 is 2.12 bits per heavy atom. The van der Waals surface area contributed by atoms with Crippen molar-refractivity contribution in [3.8, 4) is 5.75 Å². The van der Waals surface area contributed by atoms with Crippen molar-refractivity contribution in [1.29, 1.82) is 0 Å². The number of hydrogen-bond acceptors (Lipinski definition) is 2. The second-order valence-corrected chi connectivity index (χ2v) is 4.47. The Balaban J connectivity index is 2.24. The summed E-state index contributed by atoms with van der Waals surface area (Å²) in [6.45, 7) is 4.67. The Kier molecular flexibility index (Phi) is 5.98. The van der Waals surface area contributed by atoms with Gasteiger partial charge in [-0.25, -0.2) is 4.39 Å². The third-order valence-electron chi connectivity index (χ3n) is 2.87. The molecule has 0 aliphatic rings. The minimum absolute atomic E-state index is 0.279. The van der Waals surface area contributed by atoms with Gasteiger partial charge in [0.25, 0.3) is 0 Å². The maximum atomic E-state index is 13.3. The van der Waals surface area contributed by atoms with Gasteiger partial charge in [0.15, 0.2) is 11.6 Å². The SMILES string of the molecule is CNC(C)CCCCOc1cc(C)ccc1F. The normalized spacial score (nSPS) is 12.5. The monoisotopic (exact) mass is 239 g/mol. The van der Waals surface area contributed by atoms with Crippen molar-refractivity contribution < 1.29 is 9.13 Å². The van der Waals surface area contributed by atoms with E-state index in [1.807, 2.05) is 14.0 Å². The Morgan fingerprint density at radius 1 is 1.35 bits per heavy atom. The first-order chi connectivity index (χ1) is 8.13. The molecule has 1 rings (SSSR count). The number of nitrogens with one attached hydrogen (secondary N) is 1. The zero-order valence-corrected chi connectivity index (χ0v) is 10.9. The first-order valence-electron chi connectivity index (χ1n) is 6.19. The van der Waals surface area contributed by atoms with Crippen LogP contribution >= 0.6 is 0 Å². The van der Waals surface area contributed by atoms with Crippen LogP contribution in [0, 0.1) is 12.7 Å². The number of rotatable bonds is 7. The van der Waals surface area contributed by atoms with Crippen molar-refractivity contribution in [3.63, 3.8) is 0 Å². The lowest BCUT2D eigenvalue weighted by Crippen LogP contribution is -2.20. The van der Waals surface area contributed by atoms with E-state index in [0.29, 0.717) is 18.4 Å². The zero-order chi connectivity index (χ0) is 12.7. The molecule has 3 heteroatoms. The van der Waals surface area contributed by atoms with Gasteiger partial charge in [-0.1, -0.05) is 6.07 Å².